The third kappa shape index (κ3) is 3.83. The Kier molecular flexibility index (Phi) is 7.21. The van der Waals surface area contributed by atoms with Crippen LogP contribution in [0, 0.1) is 18.8 Å². The highest BCUT2D eigenvalue weighted by Crippen LogP contribution is 2.19. The zero-order chi connectivity index (χ0) is 11.5. The maximum atomic E-state index is 11.9. The van der Waals surface area contributed by atoms with Crippen LogP contribution >= 0.6 is 24.8 Å². The molecule has 2 N–H and O–H groups in total. The van der Waals surface area contributed by atoms with Crippen molar-refractivity contribution in [1.29, 1.82) is 0 Å². The van der Waals surface area contributed by atoms with Crippen LogP contribution in [-0.2, 0) is 4.79 Å². The van der Waals surface area contributed by atoms with E-state index in [9.17, 15) is 4.79 Å². The van der Waals surface area contributed by atoms with Crippen molar-refractivity contribution in [2.75, 3.05) is 18.4 Å². The van der Waals surface area contributed by atoms with E-state index < -0.39 is 0 Å². The molecule has 0 saturated carbocycles. The summed E-state index contributed by atoms with van der Waals surface area (Å²) in [5, 5.41) is 6.11. The van der Waals surface area contributed by atoms with Gasteiger partial charge in [-0.05, 0) is 38.1 Å². The largest absolute Gasteiger partial charge is 0.324 e. The Morgan fingerprint density at radius 3 is 2.67 bits per heavy atom. The predicted molar refractivity (Wildman–Crippen MR) is 77.6 cm³/mol. The van der Waals surface area contributed by atoms with Crippen LogP contribution in [0.15, 0.2) is 18.3 Å². The molecule has 1 aromatic heterocycles. The molecule has 0 bridgehead atoms. The lowest BCUT2D eigenvalue weighted by atomic mass is 9.88. The molecule has 1 saturated heterocycles. The van der Waals surface area contributed by atoms with Gasteiger partial charge in [-0.1, -0.05) is 6.92 Å². The molecule has 2 heterocycles. The Morgan fingerprint density at radius 1 is 1.50 bits per heavy atom. The molecule has 0 spiro atoms. The highest BCUT2D eigenvalue weighted by molar-refractivity contribution is 5.93. The van der Waals surface area contributed by atoms with E-state index in [-0.39, 0.29) is 36.6 Å². The first-order valence-electron chi connectivity index (χ1n) is 5.61. The number of pyridine rings is 1. The maximum Gasteiger partial charge on any atom is 0.227 e. The third-order valence-corrected chi connectivity index (χ3v) is 3.20. The highest BCUT2D eigenvalue weighted by atomic mass is 35.5. The smallest absolute Gasteiger partial charge is 0.227 e. The lowest BCUT2D eigenvalue weighted by Crippen LogP contribution is -2.48. The zero-order valence-electron chi connectivity index (χ0n) is 10.5. The second-order valence-corrected chi connectivity index (χ2v) is 4.33. The molecular formula is C12H19Cl2N3O. The van der Waals surface area contributed by atoms with Crippen LogP contribution < -0.4 is 10.6 Å². The van der Waals surface area contributed by atoms with Gasteiger partial charge in [-0.25, -0.2) is 0 Å². The summed E-state index contributed by atoms with van der Waals surface area (Å²) in [5.74, 6) is 0.612. The summed E-state index contributed by atoms with van der Waals surface area (Å²) in [5.41, 5.74) is 1.67. The van der Waals surface area contributed by atoms with Crippen LogP contribution in [0.1, 0.15) is 12.6 Å². The fourth-order valence-electron chi connectivity index (χ4n) is 1.74. The van der Waals surface area contributed by atoms with Gasteiger partial charge in [-0.3, -0.25) is 9.78 Å². The van der Waals surface area contributed by atoms with Crippen LogP contribution in [0.3, 0.4) is 0 Å². The summed E-state index contributed by atoms with van der Waals surface area (Å²) in [6, 6.07) is 3.71. The summed E-state index contributed by atoms with van der Waals surface area (Å²) >= 11 is 0. The Balaban J connectivity index is 0.00000144. The molecule has 0 radical (unpaired) electrons. The van der Waals surface area contributed by atoms with E-state index >= 15 is 0 Å². The minimum atomic E-state index is 0. The fraction of sp³-hybridized carbons (Fsp3) is 0.500. The molecule has 0 aromatic carbocycles. The van der Waals surface area contributed by atoms with Crippen molar-refractivity contribution in [3.63, 3.8) is 0 Å². The minimum Gasteiger partial charge on any atom is -0.324 e. The molecular weight excluding hydrogens is 273 g/mol. The Morgan fingerprint density at radius 2 is 2.17 bits per heavy atom. The molecule has 0 aliphatic carbocycles. The summed E-state index contributed by atoms with van der Waals surface area (Å²) in [7, 11) is 0. The van der Waals surface area contributed by atoms with Crippen molar-refractivity contribution < 1.29 is 4.79 Å². The topological polar surface area (TPSA) is 54.0 Å². The first-order chi connectivity index (χ1) is 7.68. The average Bonchev–Trinajstić information content (AvgIpc) is 2.18. The van der Waals surface area contributed by atoms with E-state index in [2.05, 4.69) is 15.6 Å². The number of aromatic nitrogens is 1. The summed E-state index contributed by atoms with van der Waals surface area (Å²) in [6.45, 7) is 5.76. The number of nitrogens with zero attached hydrogens (tertiary/aromatic N) is 1. The minimum absolute atomic E-state index is 0. The Bertz CT molecular complexity index is 397. The summed E-state index contributed by atoms with van der Waals surface area (Å²) in [6.07, 6.45) is 1.73. The predicted octanol–water partition coefficient (Wildman–Crippen LogP) is 2.03. The SMILES string of the molecule is Cc1ncccc1NC(=O)C(C)C1CNC1.Cl.Cl. The molecule has 102 valence electrons. The molecule has 1 unspecified atom stereocenters. The van der Waals surface area contributed by atoms with Gasteiger partial charge in [0.2, 0.25) is 5.91 Å². The fourth-order valence-corrected chi connectivity index (χ4v) is 1.74. The van der Waals surface area contributed by atoms with Crippen molar-refractivity contribution in [1.82, 2.24) is 10.3 Å². The van der Waals surface area contributed by atoms with Gasteiger partial charge < -0.3 is 10.6 Å². The number of rotatable bonds is 3. The van der Waals surface area contributed by atoms with Crippen molar-refractivity contribution in [2.24, 2.45) is 11.8 Å². The average molecular weight is 292 g/mol. The number of aryl methyl sites for hydroxylation is 1. The molecule has 1 fully saturated rings. The first-order valence-corrected chi connectivity index (χ1v) is 5.61. The number of carbonyl (C=O) groups is 1. The Hall–Kier alpha value is -0.840. The number of carbonyl (C=O) groups excluding carboxylic acids is 1. The molecule has 1 aliphatic rings. The molecule has 1 aromatic rings. The van der Waals surface area contributed by atoms with E-state index in [1.807, 2.05) is 26.0 Å². The van der Waals surface area contributed by atoms with Crippen molar-refractivity contribution in [3.8, 4) is 0 Å². The summed E-state index contributed by atoms with van der Waals surface area (Å²) in [4.78, 5) is 16.1. The third-order valence-electron chi connectivity index (χ3n) is 3.20. The molecule has 4 nitrogen and oxygen atoms in total. The number of nitrogens with one attached hydrogen (secondary N) is 2. The molecule has 2 rings (SSSR count). The highest BCUT2D eigenvalue weighted by Gasteiger charge is 2.28. The van der Waals surface area contributed by atoms with E-state index in [0.29, 0.717) is 5.92 Å². The van der Waals surface area contributed by atoms with E-state index in [4.69, 9.17) is 0 Å². The van der Waals surface area contributed by atoms with Crippen LogP contribution in [0.5, 0.6) is 0 Å². The van der Waals surface area contributed by atoms with E-state index in [1.54, 1.807) is 6.20 Å². The standard InChI is InChI=1S/C12H17N3O.2ClH/c1-8(10-6-13-7-10)12(16)15-11-4-3-5-14-9(11)2;;/h3-5,8,10,13H,6-7H2,1-2H3,(H,15,16);2*1H. The van der Waals surface area contributed by atoms with Gasteiger partial charge in [0.15, 0.2) is 0 Å². The maximum absolute atomic E-state index is 11.9. The summed E-state index contributed by atoms with van der Waals surface area (Å²) < 4.78 is 0. The van der Waals surface area contributed by atoms with Gasteiger partial charge in [0.05, 0.1) is 11.4 Å². The van der Waals surface area contributed by atoms with E-state index in [0.717, 1.165) is 24.5 Å². The molecule has 6 heteroatoms. The van der Waals surface area contributed by atoms with E-state index in [1.165, 1.54) is 0 Å². The van der Waals surface area contributed by atoms with Crippen molar-refractivity contribution in [2.45, 2.75) is 13.8 Å². The van der Waals surface area contributed by atoms with Gasteiger partial charge in [0.25, 0.3) is 0 Å². The van der Waals surface area contributed by atoms with Gasteiger partial charge in [-0.2, -0.15) is 0 Å². The second kappa shape index (κ2) is 7.56. The number of hydrogen-bond acceptors (Lipinski definition) is 3. The monoisotopic (exact) mass is 291 g/mol. The second-order valence-electron chi connectivity index (χ2n) is 4.33. The number of amides is 1. The van der Waals surface area contributed by atoms with Gasteiger partial charge in [0.1, 0.15) is 0 Å². The van der Waals surface area contributed by atoms with Gasteiger partial charge >= 0.3 is 0 Å². The molecule has 1 amide bonds. The van der Waals surface area contributed by atoms with Crippen LogP contribution in [-0.4, -0.2) is 24.0 Å². The number of anilines is 1. The van der Waals surface area contributed by atoms with Crippen molar-refractivity contribution >= 4 is 36.4 Å². The van der Waals surface area contributed by atoms with Gasteiger partial charge in [-0.15, -0.1) is 24.8 Å². The lowest BCUT2D eigenvalue weighted by molar-refractivity contribution is -0.121. The normalized spacial score (nSPS) is 15.7. The molecule has 18 heavy (non-hydrogen) atoms. The van der Waals surface area contributed by atoms with Crippen molar-refractivity contribution in [3.05, 3.63) is 24.0 Å². The number of hydrogen-bond donors (Lipinski definition) is 2. The quantitative estimate of drug-likeness (QED) is 0.896. The molecule has 1 atom stereocenters. The molecule has 1 aliphatic heterocycles. The number of halogens is 2. The Labute approximate surface area is 120 Å². The zero-order valence-corrected chi connectivity index (χ0v) is 12.1. The van der Waals surface area contributed by atoms with Gasteiger partial charge in [0, 0.05) is 12.1 Å². The van der Waals surface area contributed by atoms with Crippen LogP contribution in [0.25, 0.3) is 0 Å². The lowest BCUT2D eigenvalue weighted by Gasteiger charge is -2.31. The van der Waals surface area contributed by atoms with Crippen LogP contribution in [0.2, 0.25) is 0 Å². The van der Waals surface area contributed by atoms with Crippen LogP contribution in [0.4, 0.5) is 5.69 Å². The first kappa shape index (κ1) is 17.2.